The monoisotopic (exact) mass is 572 g/mol. The molecule has 0 aliphatic carbocycles. The van der Waals surface area contributed by atoms with Crippen molar-refractivity contribution in [1.29, 1.82) is 0 Å². The van der Waals surface area contributed by atoms with E-state index >= 15 is 0 Å². The highest BCUT2D eigenvalue weighted by atomic mass is 32.1. The molecule has 3 amide bonds. The Morgan fingerprint density at radius 2 is 1.75 bits per heavy atom. The summed E-state index contributed by atoms with van der Waals surface area (Å²) >= 11 is 1.57. The molecule has 4 unspecified atom stereocenters. The van der Waals surface area contributed by atoms with E-state index in [4.69, 9.17) is 5.11 Å². The first kappa shape index (κ1) is 31.2. The van der Waals surface area contributed by atoms with Crippen molar-refractivity contribution in [2.24, 2.45) is 5.41 Å². The third kappa shape index (κ3) is 8.11. The number of thiazole rings is 1. The van der Waals surface area contributed by atoms with Crippen LogP contribution >= 0.6 is 11.3 Å². The number of carboxylic acids is 1. The Kier molecular flexibility index (Phi) is 10.4. The van der Waals surface area contributed by atoms with Crippen LogP contribution in [-0.4, -0.2) is 68.5 Å². The lowest BCUT2D eigenvalue weighted by molar-refractivity contribution is -0.144. The van der Waals surface area contributed by atoms with Crippen LogP contribution in [0, 0.1) is 12.3 Å². The fourth-order valence-electron chi connectivity index (χ4n) is 4.81. The van der Waals surface area contributed by atoms with Crippen LogP contribution in [0.3, 0.4) is 0 Å². The number of carboxylic acid groups (broad SMARTS) is 1. The van der Waals surface area contributed by atoms with Crippen molar-refractivity contribution >= 4 is 35.0 Å². The summed E-state index contributed by atoms with van der Waals surface area (Å²) in [4.78, 5) is 57.1. The van der Waals surface area contributed by atoms with Gasteiger partial charge < -0.3 is 25.7 Å². The number of amides is 3. The number of aryl methyl sites for hydroxylation is 1. The molecule has 3 rings (SSSR count). The Hall–Kier alpha value is -3.31. The van der Waals surface area contributed by atoms with E-state index in [2.05, 4.69) is 15.6 Å². The predicted octanol–water partition coefficient (Wildman–Crippen LogP) is 3.43. The molecular weight excluding hydrogens is 532 g/mol. The molecule has 0 spiro atoms. The second kappa shape index (κ2) is 13.4. The number of nitrogens with one attached hydrogen (secondary N) is 2. The molecule has 1 fully saturated rings. The van der Waals surface area contributed by atoms with Gasteiger partial charge in [0.25, 0.3) is 0 Å². The van der Waals surface area contributed by atoms with Gasteiger partial charge in [-0.3, -0.25) is 19.2 Å². The number of carbonyl (C=O) groups is 4. The van der Waals surface area contributed by atoms with Gasteiger partial charge in [0.05, 0.1) is 28.2 Å². The lowest BCUT2D eigenvalue weighted by atomic mass is 9.85. The Bertz CT molecular complexity index is 1210. The molecule has 1 aliphatic rings. The average molecular weight is 573 g/mol. The maximum Gasteiger partial charge on any atom is 0.303 e. The SMILES string of the molecule is Cc1ncsc1-c1ccc(C(C)NC(=O)C2CC(O)CN2C(=O)C(NC(=O)CCCCC(=O)O)C(C)(C)C)cc1. The minimum atomic E-state index is -0.919. The van der Waals surface area contributed by atoms with E-state index < -0.39 is 35.5 Å². The van der Waals surface area contributed by atoms with Crippen LogP contribution in [0.5, 0.6) is 0 Å². The first-order chi connectivity index (χ1) is 18.8. The molecule has 2 aromatic rings. The lowest BCUT2D eigenvalue weighted by Gasteiger charge is -2.35. The fourth-order valence-corrected chi connectivity index (χ4v) is 5.62. The van der Waals surface area contributed by atoms with Gasteiger partial charge >= 0.3 is 5.97 Å². The van der Waals surface area contributed by atoms with Crippen molar-refractivity contribution in [3.63, 3.8) is 0 Å². The van der Waals surface area contributed by atoms with Gasteiger partial charge in [-0.15, -0.1) is 11.3 Å². The predicted molar refractivity (Wildman–Crippen MR) is 152 cm³/mol. The second-order valence-corrected chi connectivity index (χ2v) is 12.3. The number of benzene rings is 1. The van der Waals surface area contributed by atoms with E-state index in [9.17, 15) is 24.3 Å². The van der Waals surface area contributed by atoms with Gasteiger partial charge in [0.2, 0.25) is 17.7 Å². The highest BCUT2D eigenvalue weighted by Gasteiger charge is 2.44. The van der Waals surface area contributed by atoms with Crippen molar-refractivity contribution in [3.8, 4) is 10.4 Å². The van der Waals surface area contributed by atoms with E-state index in [0.717, 1.165) is 21.7 Å². The third-order valence-electron chi connectivity index (χ3n) is 7.10. The number of aliphatic hydroxyl groups excluding tert-OH is 1. The van der Waals surface area contributed by atoms with Gasteiger partial charge in [-0.05, 0) is 43.2 Å². The van der Waals surface area contributed by atoms with Crippen molar-refractivity contribution in [2.45, 2.75) is 91.0 Å². The summed E-state index contributed by atoms with van der Waals surface area (Å²) in [6, 6.07) is 5.77. The van der Waals surface area contributed by atoms with Crippen LogP contribution < -0.4 is 10.6 Å². The minimum absolute atomic E-state index is 0.00470. The number of aliphatic carboxylic acids is 1. The summed E-state index contributed by atoms with van der Waals surface area (Å²) in [6.07, 6.45) is 0.0741. The van der Waals surface area contributed by atoms with Crippen LogP contribution in [0.2, 0.25) is 0 Å². The summed E-state index contributed by atoms with van der Waals surface area (Å²) < 4.78 is 0. The van der Waals surface area contributed by atoms with Gasteiger partial charge in [-0.25, -0.2) is 4.98 Å². The molecule has 11 heteroatoms. The Morgan fingerprint density at radius 3 is 2.33 bits per heavy atom. The first-order valence-corrected chi connectivity index (χ1v) is 14.5. The molecule has 40 heavy (non-hydrogen) atoms. The van der Waals surface area contributed by atoms with E-state index in [1.54, 1.807) is 11.3 Å². The van der Waals surface area contributed by atoms with Gasteiger partial charge in [0.15, 0.2) is 0 Å². The molecule has 4 N–H and O–H groups in total. The van der Waals surface area contributed by atoms with E-state index in [1.807, 2.05) is 64.4 Å². The quantitative estimate of drug-likeness (QED) is 0.301. The summed E-state index contributed by atoms with van der Waals surface area (Å²) in [5, 5.41) is 25.0. The summed E-state index contributed by atoms with van der Waals surface area (Å²) in [5.74, 6) is -2.07. The Morgan fingerprint density at radius 1 is 1.10 bits per heavy atom. The summed E-state index contributed by atoms with van der Waals surface area (Å²) in [5.41, 5.74) is 4.07. The van der Waals surface area contributed by atoms with Crippen molar-refractivity contribution in [3.05, 3.63) is 41.0 Å². The number of unbranched alkanes of at least 4 members (excludes halogenated alkanes) is 1. The summed E-state index contributed by atoms with van der Waals surface area (Å²) in [6.45, 7) is 9.29. The number of hydrogen-bond acceptors (Lipinski definition) is 7. The largest absolute Gasteiger partial charge is 0.481 e. The smallest absolute Gasteiger partial charge is 0.303 e. The normalized spacial score (nSPS) is 18.7. The maximum atomic E-state index is 13.7. The molecule has 218 valence electrons. The van der Waals surface area contributed by atoms with Crippen molar-refractivity contribution in [1.82, 2.24) is 20.5 Å². The number of rotatable bonds is 11. The van der Waals surface area contributed by atoms with E-state index in [1.165, 1.54) is 4.90 Å². The minimum Gasteiger partial charge on any atom is -0.481 e. The van der Waals surface area contributed by atoms with Crippen molar-refractivity contribution in [2.75, 3.05) is 6.54 Å². The van der Waals surface area contributed by atoms with Crippen LogP contribution in [0.1, 0.15) is 77.1 Å². The highest BCUT2D eigenvalue weighted by molar-refractivity contribution is 7.13. The average Bonchev–Trinajstić information content (AvgIpc) is 3.49. The van der Waals surface area contributed by atoms with E-state index in [0.29, 0.717) is 12.8 Å². The Balaban J connectivity index is 1.67. The molecule has 2 heterocycles. The van der Waals surface area contributed by atoms with Crippen molar-refractivity contribution < 1.29 is 29.4 Å². The van der Waals surface area contributed by atoms with Gasteiger partial charge in [-0.1, -0.05) is 45.0 Å². The molecule has 10 nitrogen and oxygen atoms in total. The number of carbonyl (C=O) groups excluding carboxylic acids is 3. The molecule has 1 aromatic carbocycles. The van der Waals surface area contributed by atoms with Crippen LogP contribution in [-0.2, 0) is 19.2 Å². The zero-order valence-electron chi connectivity index (χ0n) is 23.8. The number of aromatic nitrogens is 1. The second-order valence-electron chi connectivity index (χ2n) is 11.5. The Labute approximate surface area is 239 Å². The molecule has 1 saturated heterocycles. The zero-order chi connectivity index (χ0) is 29.6. The molecule has 1 aromatic heterocycles. The number of nitrogens with zero attached hydrogens (tertiary/aromatic N) is 2. The standard InChI is InChI=1S/C29H40N4O6S/c1-17(19-10-12-20(13-11-19)25-18(2)30-16-40-25)31-27(38)22-14-21(34)15-33(22)28(39)26(29(3,4)5)32-23(35)8-6-7-9-24(36)37/h10-13,16-17,21-22,26,34H,6-9,14-15H2,1-5H3,(H,31,38)(H,32,35)(H,36,37). The van der Waals surface area contributed by atoms with Crippen LogP contribution in [0.25, 0.3) is 10.4 Å². The molecular formula is C29H40N4O6S. The van der Waals surface area contributed by atoms with E-state index in [-0.39, 0.29) is 43.7 Å². The van der Waals surface area contributed by atoms with Crippen LogP contribution in [0.15, 0.2) is 29.8 Å². The van der Waals surface area contributed by atoms with Gasteiger partial charge in [-0.2, -0.15) is 0 Å². The number of likely N-dealkylation sites (tertiary alicyclic amines) is 1. The van der Waals surface area contributed by atoms with Crippen LogP contribution in [0.4, 0.5) is 0 Å². The zero-order valence-corrected chi connectivity index (χ0v) is 24.6. The van der Waals surface area contributed by atoms with Gasteiger partial charge in [0.1, 0.15) is 12.1 Å². The topological polar surface area (TPSA) is 149 Å². The highest BCUT2D eigenvalue weighted by Crippen LogP contribution is 2.29. The fraction of sp³-hybridized carbons (Fsp3) is 0.552. The number of β-amino-alcohol motifs (C(OH)–C–C–N with tert-alkyl or cyclic N) is 1. The number of hydrogen-bond donors (Lipinski definition) is 4. The molecule has 4 atom stereocenters. The molecule has 0 bridgehead atoms. The third-order valence-corrected chi connectivity index (χ3v) is 8.08. The first-order valence-electron chi connectivity index (χ1n) is 13.6. The number of aliphatic hydroxyl groups is 1. The van der Waals surface area contributed by atoms with Gasteiger partial charge in [0, 0.05) is 25.8 Å². The lowest BCUT2D eigenvalue weighted by Crippen LogP contribution is -2.57. The molecule has 0 saturated carbocycles. The molecule has 0 radical (unpaired) electrons. The maximum absolute atomic E-state index is 13.7. The summed E-state index contributed by atoms with van der Waals surface area (Å²) in [7, 11) is 0. The molecule has 1 aliphatic heterocycles.